The SMILES string of the molecule is O=S1(=O)CC(N2Cc3cc(Cl)ccc3-n3c(nnc3C3CC4(C3)CN(c3ncccc3OC(F)(F)F)C4)C2)C1. The number of sulfone groups is 1. The summed E-state index contributed by atoms with van der Waals surface area (Å²) in [5.74, 6) is 1.92. The van der Waals surface area contributed by atoms with E-state index in [1.165, 1.54) is 18.3 Å². The van der Waals surface area contributed by atoms with Gasteiger partial charge < -0.3 is 9.64 Å². The quantitative estimate of drug-likeness (QED) is 0.461. The van der Waals surface area contributed by atoms with Crippen LogP contribution in [0.15, 0.2) is 36.5 Å². The number of rotatable bonds is 4. The fourth-order valence-electron chi connectivity index (χ4n) is 6.48. The molecule has 4 aliphatic rings. The molecule has 7 rings (SSSR count). The van der Waals surface area contributed by atoms with Crippen molar-refractivity contribution < 1.29 is 26.3 Å². The minimum atomic E-state index is -4.78. The summed E-state index contributed by atoms with van der Waals surface area (Å²) in [6, 6.07) is 8.33. The zero-order valence-electron chi connectivity index (χ0n) is 20.6. The Hall–Kier alpha value is -2.90. The second-order valence-electron chi connectivity index (χ2n) is 11.1. The van der Waals surface area contributed by atoms with Crippen molar-refractivity contribution in [2.75, 3.05) is 29.5 Å². The van der Waals surface area contributed by atoms with E-state index in [0.717, 1.165) is 35.7 Å². The number of hydrogen-bond acceptors (Lipinski definition) is 8. The highest BCUT2D eigenvalue weighted by Gasteiger charge is 2.55. The van der Waals surface area contributed by atoms with Crippen molar-refractivity contribution in [3.05, 3.63) is 58.8 Å². The molecule has 0 radical (unpaired) electrons. The van der Waals surface area contributed by atoms with Gasteiger partial charge in [-0.15, -0.1) is 23.4 Å². The Morgan fingerprint density at radius 1 is 1.08 bits per heavy atom. The van der Waals surface area contributed by atoms with E-state index in [1.807, 2.05) is 23.1 Å². The molecule has 1 aromatic carbocycles. The lowest BCUT2D eigenvalue weighted by atomic mass is 9.57. The van der Waals surface area contributed by atoms with Crippen molar-refractivity contribution in [3.63, 3.8) is 0 Å². The van der Waals surface area contributed by atoms with Gasteiger partial charge in [0.1, 0.15) is 5.82 Å². The lowest BCUT2D eigenvalue weighted by Crippen LogP contribution is -2.62. The number of nitrogens with zero attached hydrogens (tertiary/aromatic N) is 6. The normalized spacial score (nSPS) is 23.7. The molecule has 1 saturated carbocycles. The third kappa shape index (κ3) is 4.44. The summed E-state index contributed by atoms with van der Waals surface area (Å²) in [7, 11) is -2.99. The van der Waals surface area contributed by atoms with Crippen LogP contribution in [0.4, 0.5) is 19.0 Å². The van der Waals surface area contributed by atoms with Crippen LogP contribution in [0, 0.1) is 5.41 Å². The van der Waals surface area contributed by atoms with E-state index in [2.05, 4.69) is 29.4 Å². The molecule has 3 fully saturated rings. The standard InChI is InChI=1S/C25H24ClF3N6O3S/c26-17-3-4-19-15(6-17)9-33(18-11-39(36,37)12-18)10-21-31-32-22(35(19)21)16-7-24(8-16)13-34(14-24)23-20(2-1-5-30-23)38-25(27,28)29/h1-6,16,18H,7-14H2. The van der Waals surface area contributed by atoms with E-state index in [4.69, 9.17) is 11.6 Å². The maximum Gasteiger partial charge on any atom is 0.573 e. The monoisotopic (exact) mass is 580 g/mol. The van der Waals surface area contributed by atoms with Crippen LogP contribution in [0.5, 0.6) is 5.75 Å². The minimum Gasteiger partial charge on any atom is -0.402 e. The van der Waals surface area contributed by atoms with Crippen LogP contribution in [0.25, 0.3) is 5.69 Å². The molecule has 2 saturated heterocycles. The molecule has 1 spiro atoms. The minimum absolute atomic E-state index is 0.0238. The first-order valence-electron chi connectivity index (χ1n) is 12.6. The highest BCUT2D eigenvalue weighted by Crippen LogP contribution is 2.57. The van der Waals surface area contributed by atoms with Gasteiger partial charge in [-0.25, -0.2) is 13.4 Å². The first-order chi connectivity index (χ1) is 18.5. The van der Waals surface area contributed by atoms with Crippen molar-refractivity contribution in [1.82, 2.24) is 24.6 Å². The van der Waals surface area contributed by atoms with E-state index in [9.17, 15) is 21.6 Å². The van der Waals surface area contributed by atoms with Gasteiger partial charge in [0.25, 0.3) is 0 Å². The number of hydrogen-bond donors (Lipinski definition) is 0. The molecule has 9 nitrogen and oxygen atoms in total. The highest BCUT2D eigenvalue weighted by molar-refractivity contribution is 7.92. The Labute approximate surface area is 227 Å². The Morgan fingerprint density at radius 3 is 2.56 bits per heavy atom. The molecular formula is C25H24ClF3N6O3S. The van der Waals surface area contributed by atoms with Crippen molar-refractivity contribution in [2.45, 2.75) is 44.3 Å². The number of aromatic nitrogens is 4. The van der Waals surface area contributed by atoms with Gasteiger partial charge in [-0.3, -0.25) is 9.47 Å². The summed E-state index contributed by atoms with van der Waals surface area (Å²) >= 11 is 6.33. The molecule has 0 N–H and O–H groups in total. The molecule has 0 bridgehead atoms. The fourth-order valence-corrected chi connectivity index (χ4v) is 8.18. The van der Waals surface area contributed by atoms with Gasteiger partial charge in [0.15, 0.2) is 27.2 Å². The van der Waals surface area contributed by atoms with Crippen LogP contribution in [0.2, 0.25) is 5.02 Å². The Balaban J connectivity index is 1.11. The van der Waals surface area contributed by atoms with Crippen LogP contribution >= 0.6 is 11.6 Å². The lowest BCUT2D eigenvalue weighted by molar-refractivity contribution is -0.274. The Bertz CT molecular complexity index is 1550. The van der Waals surface area contributed by atoms with Crippen LogP contribution in [0.1, 0.15) is 36.0 Å². The van der Waals surface area contributed by atoms with E-state index in [0.29, 0.717) is 31.2 Å². The fraction of sp³-hybridized carbons (Fsp3) is 0.480. The van der Waals surface area contributed by atoms with Gasteiger partial charge in [0.2, 0.25) is 0 Å². The van der Waals surface area contributed by atoms with Gasteiger partial charge >= 0.3 is 6.36 Å². The van der Waals surface area contributed by atoms with Gasteiger partial charge in [0, 0.05) is 48.2 Å². The van der Waals surface area contributed by atoms with Crippen LogP contribution in [-0.4, -0.2) is 70.1 Å². The summed E-state index contributed by atoms with van der Waals surface area (Å²) in [5.41, 5.74) is 1.91. The molecule has 39 heavy (non-hydrogen) atoms. The zero-order chi connectivity index (χ0) is 27.2. The lowest BCUT2D eigenvalue weighted by Gasteiger charge is -2.59. The maximum absolute atomic E-state index is 12.8. The second-order valence-corrected chi connectivity index (χ2v) is 13.6. The highest BCUT2D eigenvalue weighted by atomic mass is 35.5. The van der Waals surface area contributed by atoms with Crippen LogP contribution in [0.3, 0.4) is 0 Å². The average molecular weight is 581 g/mol. The number of alkyl halides is 3. The average Bonchev–Trinajstić information content (AvgIpc) is 3.10. The number of halogens is 4. The van der Waals surface area contributed by atoms with E-state index < -0.39 is 16.2 Å². The zero-order valence-corrected chi connectivity index (χ0v) is 22.2. The van der Waals surface area contributed by atoms with E-state index >= 15 is 0 Å². The topological polar surface area (TPSA) is 93.5 Å². The molecule has 14 heteroatoms. The smallest absolute Gasteiger partial charge is 0.402 e. The van der Waals surface area contributed by atoms with Gasteiger partial charge in [-0.2, -0.15) is 0 Å². The van der Waals surface area contributed by atoms with E-state index in [-0.39, 0.29) is 40.4 Å². The summed E-state index contributed by atoms with van der Waals surface area (Å²) in [6.45, 7) is 2.22. The molecule has 2 aromatic heterocycles. The number of anilines is 1. The van der Waals surface area contributed by atoms with Crippen LogP contribution < -0.4 is 9.64 Å². The van der Waals surface area contributed by atoms with Crippen molar-refractivity contribution in [1.29, 1.82) is 0 Å². The molecule has 5 heterocycles. The van der Waals surface area contributed by atoms with Crippen molar-refractivity contribution >= 4 is 27.3 Å². The molecule has 1 aliphatic carbocycles. The summed E-state index contributed by atoms with van der Waals surface area (Å²) in [5, 5.41) is 9.69. The largest absolute Gasteiger partial charge is 0.573 e. The third-order valence-corrected chi connectivity index (χ3v) is 10.2. The number of pyridine rings is 1. The number of fused-ring (bicyclic) bond motifs is 3. The van der Waals surface area contributed by atoms with Gasteiger partial charge in [-0.1, -0.05) is 11.6 Å². The molecule has 206 valence electrons. The number of benzene rings is 1. The molecule has 0 unspecified atom stereocenters. The van der Waals surface area contributed by atoms with Crippen molar-refractivity contribution in [2.24, 2.45) is 5.41 Å². The van der Waals surface area contributed by atoms with Crippen LogP contribution in [-0.2, 0) is 22.9 Å². The molecular weight excluding hydrogens is 557 g/mol. The molecule has 3 aliphatic heterocycles. The number of ether oxygens (including phenoxy) is 1. The van der Waals surface area contributed by atoms with Gasteiger partial charge in [-0.05, 0) is 48.7 Å². The Morgan fingerprint density at radius 2 is 1.85 bits per heavy atom. The summed E-state index contributed by atoms with van der Waals surface area (Å²) in [4.78, 5) is 8.10. The molecule has 0 amide bonds. The first-order valence-corrected chi connectivity index (χ1v) is 14.8. The van der Waals surface area contributed by atoms with Gasteiger partial charge in [0.05, 0.1) is 23.7 Å². The summed E-state index contributed by atoms with van der Waals surface area (Å²) < 4.78 is 68.5. The van der Waals surface area contributed by atoms with Crippen molar-refractivity contribution in [3.8, 4) is 11.4 Å². The predicted molar refractivity (Wildman–Crippen MR) is 136 cm³/mol. The predicted octanol–water partition coefficient (Wildman–Crippen LogP) is 3.71. The summed E-state index contributed by atoms with van der Waals surface area (Å²) in [6.07, 6.45) is -1.66. The molecule has 0 atom stereocenters. The molecule has 3 aromatic rings. The third-order valence-electron chi connectivity index (χ3n) is 8.22. The first kappa shape index (κ1) is 25.1. The van der Waals surface area contributed by atoms with E-state index in [1.54, 1.807) is 0 Å². The Kier molecular flexibility index (Phi) is 5.50. The maximum atomic E-state index is 12.8. The second kappa shape index (κ2) is 8.55.